The molecule has 1 atom stereocenters. The summed E-state index contributed by atoms with van der Waals surface area (Å²) in [5.74, 6) is -0.612. The van der Waals surface area contributed by atoms with Crippen LogP contribution in [0.15, 0.2) is 30.5 Å². The summed E-state index contributed by atoms with van der Waals surface area (Å²) in [6.45, 7) is 5.56. The fourth-order valence-corrected chi connectivity index (χ4v) is 2.21. The summed E-state index contributed by atoms with van der Waals surface area (Å²) in [6, 6.07) is 6.84. The van der Waals surface area contributed by atoms with Crippen molar-refractivity contribution in [3.8, 4) is 0 Å². The molecule has 0 fully saturated rings. The van der Waals surface area contributed by atoms with Crippen LogP contribution in [0.3, 0.4) is 0 Å². The van der Waals surface area contributed by atoms with Gasteiger partial charge in [-0.05, 0) is 36.6 Å². The number of pyridine rings is 1. The van der Waals surface area contributed by atoms with Gasteiger partial charge < -0.3 is 16.4 Å². The summed E-state index contributed by atoms with van der Waals surface area (Å²) >= 11 is 0. The highest BCUT2D eigenvalue weighted by atomic mass is 35.5. The summed E-state index contributed by atoms with van der Waals surface area (Å²) in [6.07, 6.45) is 1.72. The number of fused-ring (bicyclic) bond motifs is 1. The molecular weight excluding hydrogens is 363 g/mol. The summed E-state index contributed by atoms with van der Waals surface area (Å²) in [5.41, 5.74) is 8.29. The van der Waals surface area contributed by atoms with Crippen molar-refractivity contribution < 1.29 is 9.59 Å². The largest absolute Gasteiger partial charge is 0.346 e. The van der Waals surface area contributed by atoms with E-state index < -0.39 is 6.04 Å². The Bertz CT molecular complexity index is 738. The van der Waals surface area contributed by atoms with Crippen LogP contribution in [0.2, 0.25) is 0 Å². The fourth-order valence-electron chi connectivity index (χ4n) is 2.21. The monoisotopic (exact) mass is 386 g/mol. The number of halogens is 2. The lowest BCUT2D eigenvalue weighted by atomic mass is 10.1. The number of amides is 2. The molecule has 0 spiro atoms. The van der Waals surface area contributed by atoms with Gasteiger partial charge in [-0.15, -0.1) is 24.8 Å². The zero-order valence-corrected chi connectivity index (χ0v) is 16.0. The Morgan fingerprint density at radius 2 is 1.88 bits per heavy atom. The minimum Gasteiger partial charge on any atom is -0.346 e. The molecule has 25 heavy (non-hydrogen) atoms. The van der Waals surface area contributed by atoms with Gasteiger partial charge in [-0.2, -0.15) is 0 Å². The number of carbonyl (C=O) groups is 2. The maximum absolute atomic E-state index is 12.1. The third kappa shape index (κ3) is 5.85. The summed E-state index contributed by atoms with van der Waals surface area (Å²) in [7, 11) is 0. The number of aryl methyl sites for hydroxylation is 1. The standard InChI is InChI=1S/C17H22N4O2.2ClH/c1-10(2)15(18)17(23)20-9-14(22)21-13-7-6-11(3)16-12(13)5-4-8-19-16;;/h4-8,10,15H,9,18H2,1-3H3,(H,20,23)(H,21,22);2*1H/t15-;;/m0../s1. The van der Waals surface area contributed by atoms with E-state index in [-0.39, 0.29) is 49.1 Å². The van der Waals surface area contributed by atoms with E-state index in [1.165, 1.54) is 0 Å². The third-order valence-electron chi connectivity index (χ3n) is 3.69. The number of nitrogens with zero attached hydrogens (tertiary/aromatic N) is 1. The molecule has 1 aromatic heterocycles. The molecule has 4 N–H and O–H groups in total. The Kier molecular flexibility index (Phi) is 9.41. The zero-order valence-electron chi connectivity index (χ0n) is 14.4. The van der Waals surface area contributed by atoms with Crippen molar-refractivity contribution in [3.05, 3.63) is 36.0 Å². The lowest BCUT2D eigenvalue weighted by Crippen LogP contribution is -2.46. The number of nitrogens with one attached hydrogen (secondary N) is 2. The summed E-state index contributed by atoms with van der Waals surface area (Å²) in [5, 5.41) is 6.22. The third-order valence-corrected chi connectivity index (χ3v) is 3.69. The van der Waals surface area contributed by atoms with Gasteiger partial charge in [0.1, 0.15) is 0 Å². The number of benzene rings is 1. The van der Waals surface area contributed by atoms with Gasteiger partial charge in [0, 0.05) is 11.6 Å². The molecule has 0 aliphatic rings. The maximum Gasteiger partial charge on any atom is 0.243 e. The summed E-state index contributed by atoms with van der Waals surface area (Å²) in [4.78, 5) is 28.2. The number of carbonyl (C=O) groups excluding carboxylic acids is 2. The molecule has 0 saturated carbocycles. The normalized spacial score (nSPS) is 11.2. The highest BCUT2D eigenvalue weighted by Crippen LogP contribution is 2.24. The molecule has 0 unspecified atom stereocenters. The number of nitrogens with two attached hydrogens (primary N) is 1. The molecule has 138 valence electrons. The maximum atomic E-state index is 12.1. The van der Waals surface area contributed by atoms with Crippen molar-refractivity contribution >= 4 is 53.2 Å². The minimum absolute atomic E-state index is 0. The van der Waals surface area contributed by atoms with E-state index in [0.717, 1.165) is 16.5 Å². The lowest BCUT2D eigenvalue weighted by Gasteiger charge is -2.15. The number of hydrogen-bond acceptors (Lipinski definition) is 4. The lowest BCUT2D eigenvalue weighted by molar-refractivity contribution is -0.125. The Labute approximate surface area is 159 Å². The molecule has 1 aromatic carbocycles. The predicted molar refractivity (Wildman–Crippen MR) is 105 cm³/mol. The van der Waals surface area contributed by atoms with Crippen molar-refractivity contribution in [2.45, 2.75) is 26.8 Å². The molecular formula is C17H24Cl2N4O2. The van der Waals surface area contributed by atoms with Crippen molar-refractivity contribution in [2.24, 2.45) is 11.7 Å². The van der Waals surface area contributed by atoms with Crippen LogP contribution < -0.4 is 16.4 Å². The first kappa shape index (κ1) is 23.1. The van der Waals surface area contributed by atoms with Crippen LogP contribution in [0.5, 0.6) is 0 Å². The first-order valence-corrected chi connectivity index (χ1v) is 7.57. The highest BCUT2D eigenvalue weighted by Gasteiger charge is 2.17. The van der Waals surface area contributed by atoms with Crippen molar-refractivity contribution in [2.75, 3.05) is 11.9 Å². The Hall–Kier alpha value is -1.89. The molecule has 0 aliphatic heterocycles. The number of aromatic nitrogens is 1. The Morgan fingerprint density at radius 3 is 2.52 bits per heavy atom. The highest BCUT2D eigenvalue weighted by molar-refractivity contribution is 6.03. The van der Waals surface area contributed by atoms with Gasteiger partial charge in [0.05, 0.1) is 23.8 Å². The van der Waals surface area contributed by atoms with Crippen LogP contribution in [0.25, 0.3) is 10.9 Å². The van der Waals surface area contributed by atoms with Gasteiger partial charge in [0.15, 0.2) is 0 Å². The van der Waals surface area contributed by atoms with Gasteiger partial charge in [-0.3, -0.25) is 14.6 Å². The first-order chi connectivity index (χ1) is 10.9. The molecule has 0 bridgehead atoms. The number of rotatable bonds is 5. The van der Waals surface area contributed by atoms with Crippen LogP contribution in [0, 0.1) is 12.8 Å². The van der Waals surface area contributed by atoms with Crippen LogP contribution in [0.1, 0.15) is 19.4 Å². The van der Waals surface area contributed by atoms with E-state index in [1.54, 1.807) is 6.20 Å². The molecule has 8 heteroatoms. The van der Waals surface area contributed by atoms with Gasteiger partial charge in [0.2, 0.25) is 11.8 Å². The molecule has 6 nitrogen and oxygen atoms in total. The molecule has 0 saturated heterocycles. The number of hydrogen-bond donors (Lipinski definition) is 3. The molecule has 2 aromatic rings. The van der Waals surface area contributed by atoms with Gasteiger partial charge in [0.25, 0.3) is 0 Å². The average Bonchev–Trinajstić information content (AvgIpc) is 2.54. The van der Waals surface area contributed by atoms with Gasteiger partial charge >= 0.3 is 0 Å². The quantitative estimate of drug-likeness (QED) is 0.734. The van der Waals surface area contributed by atoms with E-state index in [0.29, 0.717) is 5.69 Å². The first-order valence-electron chi connectivity index (χ1n) is 7.57. The second-order valence-corrected chi connectivity index (χ2v) is 5.87. The topological polar surface area (TPSA) is 97.1 Å². The Balaban J connectivity index is 0.00000288. The fraction of sp³-hybridized carbons (Fsp3) is 0.353. The number of anilines is 1. The molecule has 2 rings (SSSR count). The van der Waals surface area contributed by atoms with E-state index in [4.69, 9.17) is 5.73 Å². The Morgan fingerprint density at radius 1 is 1.20 bits per heavy atom. The molecule has 0 radical (unpaired) electrons. The zero-order chi connectivity index (χ0) is 17.0. The van der Waals surface area contributed by atoms with Crippen molar-refractivity contribution in [1.29, 1.82) is 0 Å². The van der Waals surface area contributed by atoms with E-state index in [9.17, 15) is 9.59 Å². The predicted octanol–water partition coefficient (Wildman–Crippen LogP) is 2.42. The van der Waals surface area contributed by atoms with E-state index >= 15 is 0 Å². The smallest absolute Gasteiger partial charge is 0.243 e. The van der Waals surface area contributed by atoms with E-state index in [2.05, 4.69) is 15.6 Å². The van der Waals surface area contributed by atoms with Crippen molar-refractivity contribution in [1.82, 2.24) is 10.3 Å². The molecule has 2 amide bonds. The average molecular weight is 387 g/mol. The summed E-state index contributed by atoms with van der Waals surface area (Å²) < 4.78 is 0. The second-order valence-electron chi connectivity index (χ2n) is 5.87. The second kappa shape index (κ2) is 10.2. The van der Waals surface area contributed by atoms with Crippen LogP contribution in [-0.2, 0) is 9.59 Å². The SMILES string of the molecule is Cc1ccc(NC(=O)CNC(=O)[C@@H](N)C(C)C)c2cccnc12.Cl.Cl. The van der Waals surface area contributed by atoms with Gasteiger partial charge in [-0.25, -0.2) is 0 Å². The van der Waals surface area contributed by atoms with Gasteiger partial charge in [-0.1, -0.05) is 19.9 Å². The van der Waals surface area contributed by atoms with Crippen LogP contribution in [0.4, 0.5) is 5.69 Å². The minimum atomic E-state index is -0.618. The molecule has 0 aliphatic carbocycles. The van der Waals surface area contributed by atoms with Crippen LogP contribution >= 0.6 is 24.8 Å². The van der Waals surface area contributed by atoms with Crippen LogP contribution in [-0.4, -0.2) is 29.4 Å². The molecule has 1 heterocycles. The van der Waals surface area contributed by atoms with Crippen molar-refractivity contribution in [3.63, 3.8) is 0 Å². The van der Waals surface area contributed by atoms with E-state index in [1.807, 2.05) is 45.0 Å².